The molecule has 3 aromatic carbocycles. The van der Waals surface area contributed by atoms with Gasteiger partial charge in [0.15, 0.2) is 0 Å². The molecule has 0 radical (unpaired) electrons. The highest BCUT2D eigenvalue weighted by atomic mass is 35.5. The van der Waals surface area contributed by atoms with E-state index in [0.29, 0.717) is 54.6 Å². The minimum absolute atomic E-state index is 0.0203. The summed E-state index contributed by atoms with van der Waals surface area (Å²) in [6, 6.07) is 20.3. The van der Waals surface area contributed by atoms with Crippen molar-refractivity contribution in [2.45, 2.75) is 20.3 Å². The Kier molecular flexibility index (Phi) is 7.93. The smallest absolute Gasteiger partial charge is 0.255 e. The zero-order valence-corrected chi connectivity index (χ0v) is 20.8. The number of carbonyl (C=O) groups excluding carboxylic acids is 2. The number of nitrogens with one attached hydrogen (secondary N) is 1. The van der Waals surface area contributed by atoms with Crippen LogP contribution >= 0.6 is 11.6 Å². The number of hydrogen-bond acceptors (Lipinski definition) is 4. The minimum Gasteiger partial charge on any atom is -0.494 e. The molecule has 1 fully saturated rings. The van der Waals surface area contributed by atoms with Gasteiger partial charge in [0.2, 0.25) is 0 Å². The number of rotatable bonds is 7. The SMILES string of the molecule is CCCOc1ccc(C(=O)N2CCN(c3ccc(NC(=O)c4ccc(C)cc4)cc3Cl)CC2)cc1. The molecule has 4 rings (SSSR count). The van der Waals surface area contributed by atoms with Gasteiger partial charge in [0.25, 0.3) is 11.8 Å². The lowest BCUT2D eigenvalue weighted by Gasteiger charge is -2.36. The van der Waals surface area contributed by atoms with E-state index in [1.807, 2.05) is 60.4 Å². The quantitative estimate of drug-likeness (QED) is 0.463. The number of carbonyl (C=O) groups is 2. The van der Waals surface area contributed by atoms with E-state index >= 15 is 0 Å². The Hall–Kier alpha value is -3.51. The lowest BCUT2D eigenvalue weighted by Crippen LogP contribution is -2.48. The van der Waals surface area contributed by atoms with E-state index in [1.54, 1.807) is 18.2 Å². The van der Waals surface area contributed by atoms with Crippen molar-refractivity contribution in [1.82, 2.24) is 4.90 Å². The van der Waals surface area contributed by atoms with Crippen LogP contribution in [0.15, 0.2) is 66.7 Å². The molecule has 182 valence electrons. The molecule has 1 saturated heterocycles. The molecule has 1 heterocycles. The van der Waals surface area contributed by atoms with E-state index < -0.39 is 0 Å². The predicted octanol–water partition coefficient (Wildman–Crippen LogP) is 5.65. The molecular weight excluding hydrogens is 462 g/mol. The van der Waals surface area contributed by atoms with Crippen molar-refractivity contribution in [3.8, 4) is 5.75 Å². The van der Waals surface area contributed by atoms with Gasteiger partial charge in [-0.3, -0.25) is 9.59 Å². The zero-order chi connectivity index (χ0) is 24.8. The van der Waals surface area contributed by atoms with Crippen LogP contribution in [0.4, 0.5) is 11.4 Å². The Morgan fingerprint density at radius 3 is 2.20 bits per heavy atom. The van der Waals surface area contributed by atoms with Crippen molar-refractivity contribution >= 4 is 34.8 Å². The Bertz CT molecular complexity index is 1170. The molecule has 1 N–H and O–H groups in total. The highest BCUT2D eigenvalue weighted by molar-refractivity contribution is 6.33. The van der Waals surface area contributed by atoms with Crippen LogP contribution < -0.4 is 15.0 Å². The molecule has 7 heteroatoms. The van der Waals surface area contributed by atoms with E-state index in [0.717, 1.165) is 23.4 Å². The first-order valence-corrected chi connectivity index (χ1v) is 12.3. The third-order valence-electron chi connectivity index (χ3n) is 6.00. The Labute approximate surface area is 211 Å². The van der Waals surface area contributed by atoms with Crippen LogP contribution in [-0.2, 0) is 0 Å². The maximum absolute atomic E-state index is 12.9. The molecule has 0 aliphatic carbocycles. The molecule has 0 unspecified atom stereocenters. The summed E-state index contributed by atoms with van der Waals surface area (Å²) in [4.78, 5) is 29.4. The van der Waals surface area contributed by atoms with Gasteiger partial charge in [0.1, 0.15) is 5.75 Å². The van der Waals surface area contributed by atoms with Gasteiger partial charge < -0.3 is 19.9 Å². The number of aryl methyl sites for hydroxylation is 1. The molecule has 6 nitrogen and oxygen atoms in total. The summed E-state index contributed by atoms with van der Waals surface area (Å²) in [5, 5.41) is 3.46. The second-order valence-corrected chi connectivity index (χ2v) is 9.05. The van der Waals surface area contributed by atoms with Gasteiger partial charge in [-0.25, -0.2) is 0 Å². The van der Waals surface area contributed by atoms with E-state index in [9.17, 15) is 9.59 Å². The van der Waals surface area contributed by atoms with Crippen LogP contribution in [0, 0.1) is 6.92 Å². The molecule has 0 atom stereocenters. The largest absolute Gasteiger partial charge is 0.494 e. The number of benzene rings is 3. The zero-order valence-electron chi connectivity index (χ0n) is 20.1. The maximum atomic E-state index is 12.9. The summed E-state index contributed by atoms with van der Waals surface area (Å²) in [6.45, 7) is 7.28. The van der Waals surface area contributed by atoms with Gasteiger partial charge in [-0.15, -0.1) is 0 Å². The lowest BCUT2D eigenvalue weighted by atomic mass is 10.1. The number of amides is 2. The first-order valence-electron chi connectivity index (χ1n) is 11.9. The standard InChI is InChI=1S/C28H30ClN3O3/c1-3-18-35-24-11-8-22(9-12-24)28(34)32-16-14-31(15-17-32)26-13-10-23(19-25(26)29)30-27(33)21-6-4-20(2)5-7-21/h4-13,19H,3,14-18H2,1-2H3,(H,30,33). The van der Waals surface area contributed by atoms with Gasteiger partial charge in [-0.05, 0) is 67.9 Å². The second kappa shape index (κ2) is 11.3. The molecule has 1 aliphatic heterocycles. The first kappa shape index (κ1) is 24.6. The number of halogens is 1. The summed E-state index contributed by atoms with van der Waals surface area (Å²) in [6.07, 6.45) is 0.944. The highest BCUT2D eigenvalue weighted by Crippen LogP contribution is 2.30. The van der Waals surface area contributed by atoms with Crippen LogP contribution in [0.5, 0.6) is 5.75 Å². The number of ether oxygens (including phenoxy) is 1. The number of anilines is 2. The van der Waals surface area contributed by atoms with Gasteiger partial charge >= 0.3 is 0 Å². The normalized spacial score (nSPS) is 13.5. The molecule has 0 aromatic heterocycles. The van der Waals surface area contributed by atoms with Crippen molar-refractivity contribution < 1.29 is 14.3 Å². The fraction of sp³-hybridized carbons (Fsp3) is 0.286. The van der Waals surface area contributed by atoms with Gasteiger partial charge in [-0.2, -0.15) is 0 Å². The molecule has 0 saturated carbocycles. The molecule has 3 aromatic rings. The van der Waals surface area contributed by atoms with Gasteiger partial charge in [0, 0.05) is 43.0 Å². The first-order chi connectivity index (χ1) is 16.9. The number of hydrogen-bond donors (Lipinski definition) is 1. The minimum atomic E-state index is -0.175. The van der Waals surface area contributed by atoms with Crippen molar-refractivity contribution in [2.24, 2.45) is 0 Å². The van der Waals surface area contributed by atoms with E-state index in [1.165, 1.54) is 0 Å². The summed E-state index contributed by atoms with van der Waals surface area (Å²) in [5.41, 5.74) is 3.90. The van der Waals surface area contributed by atoms with Gasteiger partial charge in [-0.1, -0.05) is 36.2 Å². The third kappa shape index (κ3) is 6.14. The third-order valence-corrected chi connectivity index (χ3v) is 6.30. The fourth-order valence-electron chi connectivity index (χ4n) is 4.00. The van der Waals surface area contributed by atoms with Crippen LogP contribution in [-0.4, -0.2) is 49.5 Å². The Morgan fingerprint density at radius 2 is 1.57 bits per heavy atom. The van der Waals surface area contributed by atoms with Crippen LogP contribution in [0.3, 0.4) is 0 Å². The number of piperazine rings is 1. The highest BCUT2D eigenvalue weighted by Gasteiger charge is 2.23. The molecule has 0 bridgehead atoms. The molecule has 2 amide bonds. The molecule has 35 heavy (non-hydrogen) atoms. The summed E-state index contributed by atoms with van der Waals surface area (Å²) in [7, 11) is 0. The number of nitrogens with zero attached hydrogens (tertiary/aromatic N) is 2. The molecule has 0 spiro atoms. The van der Waals surface area contributed by atoms with Crippen LogP contribution in [0.25, 0.3) is 0 Å². The van der Waals surface area contributed by atoms with E-state index in [4.69, 9.17) is 16.3 Å². The summed E-state index contributed by atoms with van der Waals surface area (Å²) >= 11 is 6.57. The summed E-state index contributed by atoms with van der Waals surface area (Å²) in [5.74, 6) is 0.624. The average Bonchev–Trinajstić information content (AvgIpc) is 2.88. The van der Waals surface area contributed by atoms with Crippen molar-refractivity contribution in [3.05, 3.63) is 88.4 Å². The predicted molar refractivity (Wildman–Crippen MR) is 141 cm³/mol. The Balaban J connectivity index is 1.33. The monoisotopic (exact) mass is 491 g/mol. The average molecular weight is 492 g/mol. The Morgan fingerprint density at radius 1 is 0.914 bits per heavy atom. The molecular formula is C28H30ClN3O3. The topological polar surface area (TPSA) is 61.9 Å². The fourth-order valence-corrected chi connectivity index (χ4v) is 4.30. The lowest BCUT2D eigenvalue weighted by molar-refractivity contribution is 0.0746. The maximum Gasteiger partial charge on any atom is 0.255 e. The molecule has 1 aliphatic rings. The van der Waals surface area contributed by atoms with Crippen LogP contribution in [0.1, 0.15) is 39.6 Å². The van der Waals surface area contributed by atoms with E-state index in [2.05, 4.69) is 17.1 Å². The van der Waals surface area contributed by atoms with Crippen LogP contribution in [0.2, 0.25) is 5.02 Å². The van der Waals surface area contributed by atoms with Crippen molar-refractivity contribution in [1.29, 1.82) is 0 Å². The summed E-state index contributed by atoms with van der Waals surface area (Å²) < 4.78 is 5.60. The van der Waals surface area contributed by atoms with Gasteiger partial charge in [0.05, 0.1) is 17.3 Å². The van der Waals surface area contributed by atoms with E-state index in [-0.39, 0.29) is 11.8 Å². The van der Waals surface area contributed by atoms with Crippen molar-refractivity contribution in [2.75, 3.05) is 43.0 Å². The van der Waals surface area contributed by atoms with Crippen molar-refractivity contribution in [3.63, 3.8) is 0 Å². The second-order valence-electron chi connectivity index (χ2n) is 8.64.